The maximum atomic E-state index is 3.79. The first-order chi connectivity index (χ1) is 6.56. The molecule has 1 nitrogen and oxygen atoms in total. The van der Waals surface area contributed by atoms with Gasteiger partial charge in [0.05, 0.1) is 0 Å². The number of rotatable bonds is 4. The average Bonchev–Trinajstić information content (AvgIpc) is 2.47. The van der Waals surface area contributed by atoms with Crippen molar-refractivity contribution in [1.82, 2.24) is 5.32 Å². The Morgan fingerprint density at radius 1 is 1.21 bits per heavy atom. The molecule has 1 rings (SSSR count). The Morgan fingerprint density at radius 3 is 2.29 bits per heavy atom. The molecule has 1 aliphatic carbocycles. The van der Waals surface area contributed by atoms with Gasteiger partial charge in [-0.25, -0.2) is 0 Å². The van der Waals surface area contributed by atoms with Crippen LogP contribution in [0, 0.1) is 17.8 Å². The Bertz CT molecular complexity index is 165. The highest BCUT2D eigenvalue weighted by molar-refractivity contribution is 4.88. The third-order valence-corrected chi connectivity index (χ3v) is 4.23. The van der Waals surface area contributed by atoms with Crippen molar-refractivity contribution in [2.24, 2.45) is 17.8 Å². The van der Waals surface area contributed by atoms with Crippen LogP contribution in [0.2, 0.25) is 0 Å². The van der Waals surface area contributed by atoms with Crippen molar-refractivity contribution < 1.29 is 0 Å². The molecule has 1 fully saturated rings. The van der Waals surface area contributed by atoms with E-state index in [-0.39, 0.29) is 0 Å². The van der Waals surface area contributed by atoms with E-state index in [1.165, 1.54) is 19.3 Å². The smallest absolute Gasteiger partial charge is 0.00980 e. The molecule has 0 bridgehead atoms. The molecular weight excluding hydrogens is 170 g/mol. The van der Waals surface area contributed by atoms with E-state index in [1.807, 2.05) is 0 Å². The van der Waals surface area contributed by atoms with Gasteiger partial charge in [0.25, 0.3) is 0 Å². The zero-order valence-electron chi connectivity index (χ0n) is 10.5. The number of hydrogen-bond donors (Lipinski definition) is 1. The summed E-state index contributed by atoms with van der Waals surface area (Å²) in [5.41, 5.74) is 0. The Hall–Kier alpha value is -0.0400. The normalized spacial score (nSPS) is 35.1. The van der Waals surface area contributed by atoms with Crippen molar-refractivity contribution in [2.45, 2.75) is 66.0 Å². The summed E-state index contributed by atoms with van der Waals surface area (Å²) in [6.45, 7) is 11.7. The first kappa shape index (κ1) is 12.0. The van der Waals surface area contributed by atoms with Crippen LogP contribution in [0.5, 0.6) is 0 Å². The van der Waals surface area contributed by atoms with Gasteiger partial charge in [0.2, 0.25) is 0 Å². The van der Waals surface area contributed by atoms with Crippen molar-refractivity contribution in [1.29, 1.82) is 0 Å². The second-order valence-corrected chi connectivity index (χ2v) is 5.41. The van der Waals surface area contributed by atoms with Gasteiger partial charge >= 0.3 is 0 Å². The Labute approximate surface area is 89.7 Å². The summed E-state index contributed by atoms with van der Waals surface area (Å²) in [6, 6.07) is 1.44. The highest BCUT2D eigenvalue weighted by Gasteiger charge is 2.32. The van der Waals surface area contributed by atoms with Crippen molar-refractivity contribution >= 4 is 0 Å². The molecule has 4 unspecified atom stereocenters. The molecule has 0 aromatic carbocycles. The van der Waals surface area contributed by atoms with Crippen LogP contribution in [0.1, 0.15) is 53.9 Å². The minimum absolute atomic E-state index is 0.665. The maximum Gasteiger partial charge on any atom is 0.00980 e. The minimum atomic E-state index is 0.665. The van der Waals surface area contributed by atoms with E-state index in [4.69, 9.17) is 0 Å². The summed E-state index contributed by atoms with van der Waals surface area (Å²) in [5, 5.41) is 3.79. The fraction of sp³-hybridized carbons (Fsp3) is 1.00. The van der Waals surface area contributed by atoms with Crippen molar-refractivity contribution in [3.8, 4) is 0 Å². The molecule has 1 heteroatoms. The predicted octanol–water partition coefficient (Wildman–Crippen LogP) is 3.45. The van der Waals surface area contributed by atoms with Crippen LogP contribution >= 0.6 is 0 Å². The van der Waals surface area contributed by atoms with Crippen LogP contribution < -0.4 is 5.32 Å². The molecular formula is C13H27N. The zero-order chi connectivity index (χ0) is 10.7. The van der Waals surface area contributed by atoms with E-state index in [1.54, 1.807) is 0 Å². The molecule has 0 aliphatic heterocycles. The van der Waals surface area contributed by atoms with Gasteiger partial charge in [-0.3, -0.25) is 0 Å². The van der Waals surface area contributed by atoms with E-state index in [9.17, 15) is 0 Å². The molecule has 1 saturated carbocycles. The van der Waals surface area contributed by atoms with Gasteiger partial charge in [-0.1, -0.05) is 34.1 Å². The Balaban J connectivity index is 2.39. The molecule has 0 spiro atoms. The summed E-state index contributed by atoms with van der Waals surface area (Å²) in [6.07, 6.45) is 4.17. The van der Waals surface area contributed by atoms with E-state index in [2.05, 4.69) is 39.9 Å². The molecule has 0 aromatic heterocycles. The lowest BCUT2D eigenvalue weighted by Gasteiger charge is -2.27. The summed E-state index contributed by atoms with van der Waals surface area (Å²) < 4.78 is 0. The largest absolute Gasteiger partial charge is 0.311 e. The SMILES string of the molecule is CCC1CCC(NC(C)C(C)C)C1C. The van der Waals surface area contributed by atoms with E-state index in [0.717, 1.165) is 23.8 Å². The van der Waals surface area contributed by atoms with Crippen LogP contribution in [0.4, 0.5) is 0 Å². The molecule has 0 amide bonds. The Kier molecular flexibility index (Phi) is 4.43. The number of hydrogen-bond acceptors (Lipinski definition) is 1. The maximum absolute atomic E-state index is 3.79. The first-order valence-electron chi connectivity index (χ1n) is 6.32. The topological polar surface area (TPSA) is 12.0 Å². The van der Waals surface area contributed by atoms with Gasteiger partial charge in [0.15, 0.2) is 0 Å². The second kappa shape index (κ2) is 5.16. The molecule has 84 valence electrons. The van der Waals surface area contributed by atoms with Gasteiger partial charge in [-0.05, 0) is 37.5 Å². The fourth-order valence-corrected chi connectivity index (χ4v) is 2.59. The van der Waals surface area contributed by atoms with Crippen LogP contribution in [0.15, 0.2) is 0 Å². The Morgan fingerprint density at radius 2 is 1.86 bits per heavy atom. The molecule has 1 N–H and O–H groups in total. The van der Waals surface area contributed by atoms with Gasteiger partial charge in [0, 0.05) is 12.1 Å². The van der Waals surface area contributed by atoms with Crippen LogP contribution in [0.3, 0.4) is 0 Å². The fourth-order valence-electron chi connectivity index (χ4n) is 2.59. The molecule has 0 saturated heterocycles. The second-order valence-electron chi connectivity index (χ2n) is 5.41. The van der Waals surface area contributed by atoms with E-state index >= 15 is 0 Å². The van der Waals surface area contributed by atoms with Crippen LogP contribution in [0.25, 0.3) is 0 Å². The van der Waals surface area contributed by atoms with Crippen molar-refractivity contribution in [3.05, 3.63) is 0 Å². The molecule has 4 atom stereocenters. The number of nitrogens with one attached hydrogen (secondary N) is 1. The summed E-state index contributed by atoms with van der Waals surface area (Å²) in [5.74, 6) is 2.59. The lowest BCUT2D eigenvalue weighted by atomic mass is 9.92. The monoisotopic (exact) mass is 197 g/mol. The standard InChI is InChI=1S/C13H27N/c1-6-12-7-8-13(10(12)4)14-11(5)9(2)3/h9-14H,6-8H2,1-5H3. The van der Waals surface area contributed by atoms with Gasteiger partial charge < -0.3 is 5.32 Å². The molecule has 0 heterocycles. The van der Waals surface area contributed by atoms with E-state index < -0.39 is 0 Å². The minimum Gasteiger partial charge on any atom is -0.311 e. The highest BCUT2D eigenvalue weighted by Crippen LogP contribution is 2.34. The molecule has 1 aliphatic rings. The highest BCUT2D eigenvalue weighted by atomic mass is 15.0. The summed E-state index contributed by atoms with van der Waals surface area (Å²) >= 11 is 0. The quantitative estimate of drug-likeness (QED) is 0.728. The molecule has 14 heavy (non-hydrogen) atoms. The summed E-state index contributed by atoms with van der Waals surface area (Å²) in [7, 11) is 0. The van der Waals surface area contributed by atoms with Crippen LogP contribution in [-0.2, 0) is 0 Å². The molecule has 0 aromatic rings. The van der Waals surface area contributed by atoms with Crippen LogP contribution in [-0.4, -0.2) is 12.1 Å². The van der Waals surface area contributed by atoms with Crippen molar-refractivity contribution in [2.75, 3.05) is 0 Å². The van der Waals surface area contributed by atoms with Crippen molar-refractivity contribution in [3.63, 3.8) is 0 Å². The lowest BCUT2D eigenvalue weighted by molar-refractivity contribution is 0.299. The lowest BCUT2D eigenvalue weighted by Crippen LogP contribution is -2.41. The summed E-state index contributed by atoms with van der Waals surface area (Å²) in [4.78, 5) is 0. The molecule has 0 radical (unpaired) electrons. The van der Waals surface area contributed by atoms with Gasteiger partial charge in [0.1, 0.15) is 0 Å². The zero-order valence-corrected chi connectivity index (χ0v) is 10.5. The van der Waals surface area contributed by atoms with Gasteiger partial charge in [-0.2, -0.15) is 0 Å². The first-order valence-corrected chi connectivity index (χ1v) is 6.32. The third-order valence-electron chi connectivity index (χ3n) is 4.23. The average molecular weight is 197 g/mol. The van der Waals surface area contributed by atoms with Gasteiger partial charge in [-0.15, -0.1) is 0 Å². The third kappa shape index (κ3) is 2.73. The predicted molar refractivity (Wildman–Crippen MR) is 63.4 cm³/mol. The van der Waals surface area contributed by atoms with E-state index in [0.29, 0.717) is 6.04 Å².